The summed E-state index contributed by atoms with van der Waals surface area (Å²) in [7, 11) is 1.60. The third-order valence-corrected chi connectivity index (χ3v) is 4.27. The van der Waals surface area contributed by atoms with E-state index in [1.54, 1.807) is 7.11 Å². The summed E-state index contributed by atoms with van der Waals surface area (Å²) in [6.07, 6.45) is 5.43. The van der Waals surface area contributed by atoms with E-state index in [0.29, 0.717) is 12.2 Å². The van der Waals surface area contributed by atoms with Crippen LogP contribution in [0.3, 0.4) is 0 Å². The minimum absolute atomic E-state index is 0.102. The summed E-state index contributed by atoms with van der Waals surface area (Å²) in [5.74, 6) is 0.591. The van der Waals surface area contributed by atoms with Crippen molar-refractivity contribution in [2.24, 2.45) is 0 Å². The van der Waals surface area contributed by atoms with Crippen LogP contribution in [-0.2, 0) is 11.2 Å². The van der Waals surface area contributed by atoms with E-state index < -0.39 is 5.97 Å². The number of hydrogen-bond acceptors (Lipinski definition) is 3. The first kappa shape index (κ1) is 15.2. The van der Waals surface area contributed by atoms with E-state index in [1.807, 2.05) is 12.1 Å². The maximum Gasteiger partial charge on any atom is 0.303 e. The third kappa shape index (κ3) is 3.88. The van der Waals surface area contributed by atoms with Crippen molar-refractivity contribution in [2.45, 2.75) is 44.6 Å². The number of aliphatic carboxylic acids is 1. The molecular weight excluding hydrogens is 324 g/mol. The number of ether oxygens (including phenoxy) is 2. The number of hydrogen-bond donors (Lipinski definition) is 1. The Morgan fingerprint density at radius 3 is 2.65 bits per heavy atom. The zero-order valence-corrected chi connectivity index (χ0v) is 13.1. The number of methoxy groups -OCH3 is 1. The minimum Gasteiger partial charge on any atom is -0.493 e. The molecule has 0 unspecified atom stereocenters. The molecule has 1 aromatic rings. The summed E-state index contributed by atoms with van der Waals surface area (Å²) in [5.41, 5.74) is 0.919. The van der Waals surface area contributed by atoms with Gasteiger partial charge in [0, 0.05) is 10.9 Å². The van der Waals surface area contributed by atoms with Crippen LogP contribution in [0.4, 0.5) is 0 Å². The summed E-state index contributed by atoms with van der Waals surface area (Å²) in [5, 5.41) is 8.77. The van der Waals surface area contributed by atoms with Crippen molar-refractivity contribution in [3.63, 3.8) is 0 Å². The van der Waals surface area contributed by atoms with E-state index in [0.717, 1.165) is 28.6 Å². The number of halogens is 1. The lowest BCUT2D eigenvalue weighted by Gasteiger charge is -2.17. The van der Waals surface area contributed by atoms with Crippen LogP contribution in [0, 0.1) is 0 Å². The first-order chi connectivity index (χ1) is 9.60. The van der Waals surface area contributed by atoms with Crippen molar-refractivity contribution in [2.75, 3.05) is 7.11 Å². The molecule has 110 valence electrons. The maximum absolute atomic E-state index is 10.7. The fourth-order valence-electron chi connectivity index (χ4n) is 2.45. The van der Waals surface area contributed by atoms with Gasteiger partial charge in [0.25, 0.3) is 0 Å². The standard InChI is InChI=1S/C15H19BrO4/c1-19-13-8-10(6-7-15(17)18)12(16)9-14(13)20-11-4-2-3-5-11/h8-9,11H,2-7H2,1H3,(H,17,18). The molecule has 0 aromatic heterocycles. The molecule has 5 heteroatoms. The summed E-state index contributed by atoms with van der Waals surface area (Å²) < 4.78 is 12.2. The Bertz CT molecular complexity index is 481. The van der Waals surface area contributed by atoms with Gasteiger partial charge < -0.3 is 14.6 Å². The number of carboxylic acids is 1. The topological polar surface area (TPSA) is 55.8 Å². The van der Waals surface area contributed by atoms with Crippen LogP contribution in [0.2, 0.25) is 0 Å². The quantitative estimate of drug-likeness (QED) is 0.854. The predicted octanol–water partition coefficient (Wildman–Crippen LogP) is 3.80. The van der Waals surface area contributed by atoms with Crippen molar-refractivity contribution in [1.82, 2.24) is 0 Å². The van der Waals surface area contributed by atoms with E-state index >= 15 is 0 Å². The molecule has 0 saturated heterocycles. The van der Waals surface area contributed by atoms with Gasteiger partial charge in [0.15, 0.2) is 11.5 Å². The van der Waals surface area contributed by atoms with Crippen LogP contribution in [0.15, 0.2) is 16.6 Å². The Kier molecular flexibility index (Phi) is 5.29. The molecule has 0 atom stereocenters. The fourth-order valence-corrected chi connectivity index (χ4v) is 2.97. The zero-order valence-electron chi connectivity index (χ0n) is 11.5. The van der Waals surface area contributed by atoms with Gasteiger partial charge in [-0.2, -0.15) is 0 Å². The van der Waals surface area contributed by atoms with Gasteiger partial charge in [-0.25, -0.2) is 0 Å². The van der Waals surface area contributed by atoms with Crippen LogP contribution in [0.25, 0.3) is 0 Å². The van der Waals surface area contributed by atoms with Gasteiger partial charge in [-0.15, -0.1) is 0 Å². The molecule has 0 heterocycles. The second kappa shape index (κ2) is 6.97. The third-order valence-electron chi connectivity index (χ3n) is 3.54. The molecule has 0 aliphatic heterocycles. The molecule has 1 saturated carbocycles. The molecule has 2 rings (SSSR count). The average molecular weight is 343 g/mol. The molecule has 20 heavy (non-hydrogen) atoms. The van der Waals surface area contributed by atoms with Crippen LogP contribution in [0.1, 0.15) is 37.7 Å². The Morgan fingerprint density at radius 2 is 2.05 bits per heavy atom. The smallest absolute Gasteiger partial charge is 0.303 e. The van der Waals surface area contributed by atoms with E-state index in [9.17, 15) is 4.79 Å². The molecule has 0 spiro atoms. The van der Waals surface area contributed by atoms with Crippen LogP contribution in [-0.4, -0.2) is 24.3 Å². The van der Waals surface area contributed by atoms with Crippen molar-refractivity contribution < 1.29 is 19.4 Å². The highest BCUT2D eigenvalue weighted by molar-refractivity contribution is 9.10. The highest BCUT2D eigenvalue weighted by Gasteiger charge is 2.19. The Morgan fingerprint density at radius 1 is 1.35 bits per heavy atom. The lowest BCUT2D eigenvalue weighted by Crippen LogP contribution is -2.12. The lowest BCUT2D eigenvalue weighted by atomic mass is 10.1. The van der Waals surface area contributed by atoms with E-state index in [-0.39, 0.29) is 12.5 Å². The van der Waals surface area contributed by atoms with E-state index in [2.05, 4.69) is 15.9 Å². The second-order valence-electron chi connectivity index (χ2n) is 5.01. The summed E-state index contributed by atoms with van der Waals surface area (Å²) in [6, 6.07) is 3.74. The van der Waals surface area contributed by atoms with Crippen molar-refractivity contribution in [3.8, 4) is 11.5 Å². The van der Waals surface area contributed by atoms with Gasteiger partial charge in [-0.3, -0.25) is 4.79 Å². The van der Waals surface area contributed by atoms with Crippen LogP contribution in [0.5, 0.6) is 11.5 Å². The van der Waals surface area contributed by atoms with Crippen molar-refractivity contribution in [1.29, 1.82) is 0 Å². The number of carboxylic acid groups (broad SMARTS) is 1. The molecule has 1 aliphatic rings. The summed E-state index contributed by atoms with van der Waals surface area (Å²) >= 11 is 3.48. The number of benzene rings is 1. The number of carbonyl (C=O) groups is 1. The molecule has 0 amide bonds. The van der Waals surface area contributed by atoms with Crippen LogP contribution >= 0.6 is 15.9 Å². The molecule has 1 aliphatic carbocycles. The minimum atomic E-state index is -0.804. The van der Waals surface area contributed by atoms with E-state index in [1.165, 1.54) is 12.8 Å². The fraction of sp³-hybridized carbons (Fsp3) is 0.533. The normalized spacial score (nSPS) is 15.3. The molecule has 0 bridgehead atoms. The predicted molar refractivity (Wildman–Crippen MR) is 79.5 cm³/mol. The van der Waals surface area contributed by atoms with Gasteiger partial charge >= 0.3 is 5.97 Å². The highest BCUT2D eigenvalue weighted by atomic mass is 79.9. The number of aryl methyl sites for hydroxylation is 1. The largest absolute Gasteiger partial charge is 0.493 e. The molecule has 1 N–H and O–H groups in total. The number of rotatable bonds is 6. The Balaban J connectivity index is 2.15. The average Bonchev–Trinajstić information content (AvgIpc) is 2.90. The first-order valence-electron chi connectivity index (χ1n) is 6.85. The van der Waals surface area contributed by atoms with Gasteiger partial charge in [0.1, 0.15) is 0 Å². The molecular formula is C15H19BrO4. The second-order valence-corrected chi connectivity index (χ2v) is 5.87. The summed E-state index contributed by atoms with van der Waals surface area (Å²) in [6.45, 7) is 0. The van der Waals surface area contributed by atoms with Gasteiger partial charge in [0.05, 0.1) is 13.2 Å². The van der Waals surface area contributed by atoms with E-state index in [4.69, 9.17) is 14.6 Å². The van der Waals surface area contributed by atoms with Gasteiger partial charge in [0.2, 0.25) is 0 Å². The maximum atomic E-state index is 10.7. The van der Waals surface area contributed by atoms with Crippen molar-refractivity contribution >= 4 is 21.9 Å². The Hall–Kier alpha value is -1.23. The monoisotopic (exact) mass is 342 g/mol. The first-order valence-corrected chi connectivity index (χ1v) is 7.64. The van der Waals surface area contributed by atoms with Gasteiger partial charge in [-0.05, 0) is 49.8 Å². The van der Waals surface area contributed by atoms with Gasteiger partial charge in [-0.1, -0.05) is 15.9 Å². The lowest BCUT2D eigenvalue weighted by molar-refractivity contribution is -0.136. The SMILES string of the molecule is COc1cc(CCC(=O)O)c(Br)cc1OC1CCCC1. The molecule has 1 fully saturated rings. The Labute approximate surface area is 127 Å². The molecule has 0 radical (unpaired) electrons. The van der Waals surface area contributed by atoms with Crippen molar-refractivity contribution in [3.05, 3.63) is 22.2 Å². The highest BCUT2D eigenvalue weighted by Crippen LogP contribution is 2.36. The molecule has 4 nitrogen and oxygen atoms in total. The molecule has 1 aromatic carbocycles. The zero-order chi connectivity index (χ0) is 14.5. The summed E-state index contributed by atoms with van der Waals surface area (Å²) in [4.78, 5) is 10.7. The van der Waals surface area contributed by atoms with Crippen LogP contribution < -0.4 is 9.47 Å².